The first kappa shape index (κ1) is 22.0. The molecule has 2 heterocycles. The molecule has 0 unspecified atom stereocenters. The lowest BCUT2D eigenvalue weighted by Gasteiger charge is -2.33. The number of benzene rings is 2. The molecule has 1 saturated heterocycles. The summed E-state index contributed by atoms with van der Waals surface area (Å²) in [5, 5.41) is 0. The van der Waals surface area contributed by atoms with Crippen LogP contribution in [0.5, 0.6) is 0 Å². The van der Waals surface area contributed by atoms with Crippen molar-refractivity contribution in [3.63, 3.8) is 0 Å². The van der Waals surface area contributed by atoms with Crippen LogP contribution in [0.4, 0.5) is 13.2 Å². The van der Waals surface area contributed by atoms with Gasteiger partial charge in [-0.3, -0.25) is 4.79 Å². The van der Waals surface area contributed by atoms with E-state index < -0.39 is 11.7 Å². The van der Waals surface area contributed by atoms with E-state index in [0.29, 0.717) is 24.6 Å². The van der Waals surface area contributed by atoms with Crippen LogP contribution in [0.2, 0.25) is 0 Å². The second-order valence-electron chi connectivity index (χ2n) is 7.90. The summed E-state index contributed by atoms with van der Waals surface area (Å²) in [6.45, 7) is 4.24. The van der Waals surface area contributed by atoms with Crippen molar-refractivity contribution in [1.82, 2.24) is 19.8 Å². The third kappa shape index (κ3) is 4.50. The number of carbonyl (C=O) groups is 1. The monoisotopic (exact) mass is 440 g/mol. The zero-order valence-electron chi connectivity index (χ0n) is 17.9. The standard InChI is InChI=1S/C24H23F3N4O/c1-16-20(23(32)31-13-11-30(2)12-14-31)21(18-9-6-10-19(15-18)24(25,26)27)29-22(28-16)17-7-4-3-5-8-17/h3-10,15H,11-14H2,1-2H3. The molecule has 3 aromatic rings. The SMILES string of the molecule is Cc1nc(-c2ccccc2)nc(-c2cccc(C(F)(F)F)c2)c1C(=O)N1CCN(C)CC1. The van der Waals surface area contributed by atoms with Gasteiger partial charge in [0, 0.05) is 37.3 Å². The van der Waals surface area contributed by atoms with Crippen molar-refractivity contribution in [1.29, 1.82) is 0 Å². The first-order valence-electron chi connectivity index (χ1n) is 10.3. The van der Waals surface area contributed by atoms with E-state index in [0.717, 1.165) is 30.8 Å². The van der Waals surface area contributed by atoms with Gasteiger partial charge in [-0.25, -0.2) is 9.97 Å². The molecule has 1 aliphatic heterocycles. The minimum absolute atomic E-state index is 0.214. The van der Waals surface area contributed by atoms with Crippen molar-refractivity contribution in [2.24, 2.45) is 0 Å². The minimum Gasteiger partial charge on any atom is -0.336 e. The number of carbonyl (C=O) groups excluding carboxylic acids is 1. The van der Waals surface area contributed by atoms with Crippen molar-refractivity contribution in [3.8, 4) is 22.6 Å². The number of amides is 1. The van der Waals surface area contributed by atoms with Crippen molar-refractivity contribution in [2.45, 2.75) is 13.1 Å². The molecule has 0 N–H and O–H groups in total. The van der Waals surface area contributed by atoms with Crippen LogP contribution in [-0.2, 0) is 6.18 Å². The molecule has 4 rings (SSSR count). The number of aromatic nitrogens is 2. The van der Waals surface area contributed by atoms with Gasteiger partial charge in [-0.15, -0.1) is 0 Å². The van der Waals surface area contributed by atoms with Crippen LogP contribution in [0.25, 0.3) is 22.6 Å². The number of aryl methyl sites for hydroxylation is 1. The third-order valence-corrected chi connectivity index (χ3v) is 5.59. The fraction of sp³-hybridized carbons (Fsp3) is 0.292. The van der Waals surface area contributed by atoms with Gasteiger partial charge in [-0.1, -0.05) is 42.5 Å². The lowest BCUT2D eigenvalue weighted by atomic mass is 10.0. The Hall–Kier alpha value is -3.26. The Morgan fingerprint density at radius 3 is 2.22 bits per heavy atom. The van der Waals surface area contributed by atoms with Gasteiger partial charge in [0.1, 0.15) is 0 Å². The smallest absolute Gasteiger partial charge is 0.336 e. The summed E-state index contributed by atoms with van der Waals surface area (Å²) < 4.78 is 40.1. The summed E-state index contributed by atoms with van der Waals surface area (Å²) in [7, 11) is 1.99. The predicted octanol–water partition coefficient (Wildman–Crippen LogP) is 4.53. The summed E-state index contributed by atoms with van der Waals surface area (Å²) in [5.74, 6) is 0.105. The van der Waals surface area contributed by atoms with Gasteiger partial charge in [0.25, 0.3) is 5.91 Å². The number of alkyl halides is 3. The Kier molecular flexibility index (Phi) is 5.97. The second kappa shape index (κ2) is 8.70. The van der Waals surface area contributed by atoms with Crippen molar-refractivity contribution < 1.29 is 18.0 Å². The maximum Gasteiger partial charge on any atom is 0.416 e. The van der Waals surface area contributed by atoms with Gasteiger partial charge in [0.15, 0.2) is 5.82 Å². The van der Waals surface area contributed by atoms with Gasteiger partial charge in [0.2, 0.25) is 0 Å². The van der Waals surface area contributed by atoms with Gasteiger partial charge in [-0.2, -0.15) is 13.2 Å². The molecule has 0 aliphatic carbocycles. The summed E-state index contributed by atoms with van der Waals surface area (Å²) in [6.07, 6.45) is -4.50. The summed E-state index contributed by atoms with van der Waals surface area (Å²) >= 11 is 0. The maximum absolute atomic E-state index is 13.5. The fourth-order valence-corrected chi connectivity index (χ4v) is 3.76. The molecule has 2 aromatic carbocycles. The number of hydrogen-bond acceptors (Lipinski definition) is 4. The van der Waals surface area contributed by atoms with E-state index in [9.17, 15) is 18.0 Å². The highest BCUT2D eigenvalue weighted by Crippen LogP contribution is 2.34. The van der Waals surface area contributed by atoms with E-state index in [2.05, 4.69) is 14.9 Å². The zero-order valence-corrected chi connectivity index (χ0v) is 17.9. The van der Waals surface area contributed by atoms with E-state index in [1.54, 1.807) is 17.9 Å². The Bertz CT molecular complexity index is 1120. The summed E-state index contributed by atoms with van der Waals surface area (Å²) in [6, 6.07) is 14.1. The Morgan fingerprint density at radius 1 is 0.906 bits per heavy atom. The average Bonchev–Trinajstić information content (AvgIpc) is 2.79. The highest BCUT2D eigenvalue weighted by atomic mass is 19.4. The van der Waals surface area contributed by atoms with Crippen molar-refractivity contribution in [2.75, 3.05) is 33.2 Å². The van der Waals surface area contributed by atoms with Crippen LogP contribution in [0.1, 0.15) is 21.6 Å². The molecule has 1 aliphatic rings. The van der Waals surface area contributed by atoms with E-state index in [1.807, 2.05) is 37.4 Å². The van der Waals surface area contributed by atoms with Crippen molar-refractivity contribution in [3.05, 3.63) is 71.4 Å². The number of hydrogen-bond donors (Lipinski definition) is 0. The zero-order chi connectivity index (χ0) is 22.9. The molecule has 0 radical (unpaired) electrons. The minimum atomic E-state index is -4.50. The normalized spacial score (nSPS) is 15.1. The topological polar surface area (TPSA) is 49.3 Å². The Morgan fingerprint density at radius 2 is 1.56 bits per heavy atom. The number of likely N-dealkylation sites (N-methyl/N-ethyl adjacent to an activating group) is 1. The van der Waals surface area contributed by atoms with Crippen LogP contribution in [-0.4, -0.2) is 58.9 Å². The molecule has 1 aromatic heterocycles. The molecule has 1 amide bonds. The van der Waals surface area contributed by atoms with Crippen LogP contribution >= 0.6 is 0 Å². The van der Waals surface area contributed by atoms with Crippen LogP contribution in [0.3, 0.4) is 0 Å². The molecular formula is C24H23F3N4O. The molecule has 0 saturated carbocycles. The Labute approximate surface area is 184 Å². The van der Waals surface area contributed by atoms with Crippen LogP contribution < -0.4 is 0 Å². The molecule has 166 valence electrons. The average molecular weight is 440 g/mol. The third-order valence-electron chi connectivity index (χ3n) is 5.59. The van der Waals surface area contributed by atoms with Crippen molar-refractivity contribution >= 4 is 5.91 Å². The van der Waals surface area contributed by atoms with Gasteiger partial charge >= 0.3 is 6.18 Å². The second-order valence-corrected chi connectivity index (χ2v) is 7.90. The quantitative estimate of drug-likeness (QED) is 0.601. The van der Waals surface area contributed by atoms with Crippen LogP contribution in [0, 0.1) is 6.92 Å². The summed E-state index contributed by atoms with van der Waals surface area (Å²) in [5.41, 5.74) is 1.07. The molecule has 0 bridgehead atoms. The largest absolute Gasteiger partial charge is 0.416 e. The maximum atomic E-state index is 13.5. The number of piperazine rings is 1. The number of rotatable bonds is 3. The first-order chi connectivity index (χ1) is 15.2. The number of nitrogens with zero attached hydrogens (tertiary/aromatic N) is 4. The molecular weight excluding hydrogens is 417 g/mol. The van der Waals surface area contributed by atoms with Gasteiger partial charge in [-0.05, 0) is 26.1 Å². The van der Waals surface area contributed by atoms with Crippen LogP contribution in [0.15, 0.2) is 54.6 Å². The summed E-state index contributed by atoms with van der Waals surface area (Å²) in [4.78, 5) is 26.4. The first-order valence-corrected chi connectivity index (χ1v) is 10.3. The van der Waals surface area contributed by atoms with E-state index in [4.69, 9.17) is 0 Å². The van der Waals surface area contributed by atoms with E-state index >= 15 is 0 Å². The molecule has 32 heavy (non-hydrogen) atoms. The molecule has 1 fully saturated rings. The van der Waals surface area contributed by atoms with E-state index in [-0.39, 0.29) is 22.7 Å². The van der Waals surface area contributed by atoms with Gasteiger partial charge in [0.05, 0.1) is 22.5 Å². The Balaban J connectivity index is 1.87. The predicted molar refractivity (Wildman–Crippen MR) is 116 cm³/mol. The molecule has 0 atom stereocenters. The molecule has 0 spiro atoms. The van der Waals surface area contributed by atoms with Gasteiger partial charge < -0.3 is 9.80 Å². The molecule has 8 heteroatoms. The molecule has 5 nitrogen and oxygen atoms in total. The lowest BCUT2D eigenvalue weighted by Crippen LogP contribution is -2.47. The highest BCUT2D eigenvalue weighted by molar-refractivity contribution is 6.01. The highest BCUT2D eigenvalue weighted by Gasteiger charge is 2.32. The lowest BCUT2D eigenvalue weighted by molar-refractivity contribution is -0.137. The fourth-order valence-electron chi connectivity index (χ4n) is 3.76. The number of halogens is 3. The van der Waals surface area contributed by atoms with E-state index in [1.165, 1.54) is 6.07 Å².